The molecule has 0 aliphatic carbocycles. The number of benzene rings is 3. The summed E-state index contributed by atoms with van der Waals surface area (Å²) in [4.78, 5) is 0. The van der Waals surface area contributed by atoms with Crippen LogP contribution in [0.4, 0.5) is 10.1 Å². The van der Waals surface area contributed by atoms with Crippen LogP contribution in [0.1, 0.15) is 16.7 Å². The van der Waals surface area contributed by atoms with Crippen molar-refractivity contribution in [2.75, 3.05) is 5.32 Å². The lowest BCUT2D eigenvalue weighted by Crippen LogP contribution is -2.05. The first kappa shape index (κ1) is 17.3. The third-order valence-electron chi connectivity index (χ3n) is 4.05. The minimum absolute atomic E-state index is 0.194. The van der Waals surface area contributed by atoms with Crippen molar-refractivity contribution in [3.63, 3.8) is 0 Å². The van der Waals surface area contributed by atoms with E-state index < -0.39 is 0 Å². The Morgan fingerprint density at radius 1 is 0.920 bits per heavy atom. The van der Waals surface area contributed by atoms with Gasteiger partial charge in [-0.2, -0.15) is 0 Å². The monoisotopic (exact) mass is 355 g/mol. The molecule has 0 aliphatic rings. The van der Waals surface area contributed by atoms with Crippen molar-refractivity contribution in [1.29, 1.82) is 0 Å². The second-order valence-corrected chi connectivity index (χ2v) is 6.16. The van der Waals surface area contributed by atoms with Crippen LogP contribution in [-0.2, 0) is 13.2 Å². The van der Waals surface area contributed by atoms with Gasteiger partial charge in [0.2, 0.25) is 0 Å². The molecule has 0 unspecified atom stereocenters. The zero-order valence-corrected chi connectivity index (χ0v) is 14.7. The van der Waals surface area contributed by atoms with E-state index in [1.165, 1.54) is 6.07 Å². The Morgan fingerprint density at radius 2 is 1.64 bits per heavy atom. The topological polar surface area (TPSA) is 21.3 Å². The summed E-state index contributed by atoms with van der Waals surface area (Å²) < 4.78 is 19.6. The van der Waals surface area contributed by atoms with Gasteiger partial charge in [-0.25, -0.2) is 4.39 Å². The number of para-hydroxylation sites is 1. The number of hydrogen-bond acceptors (Lipinski definition) is 2. The normalized spacial score (nSPS) is 10.5. The molecule has 0 aliphatic heterocycles. The first-order valence-corrected chi connectivity index (χ1v) is 8.46. The van der Waals surface area contributed by atoms with Crippen molar-refractivity contribution in [3.05, 3.63) is 94.3 Å². The highest BCUT2D eigenvalue weighted by Gasteiger charge is 2.07. The van der Waals surface area contributed by atoms with Crippen LogP contribution in [0.5, 0.6) is 5.75 Å². The van der Waals surface area contributed by atoms with Crippen LogP contribution in [0.15, 0.2) is 66.7 Å². The van der Waals surface area contributed by atoms with Crippen LogP contribution in [0.25, 0.3) is 0 Å². The summed E-state index contributed by atoms with van der Waals surface area (Å²) in [5.74, 6) is 0.477. The Bertz CT molecular complexity index is 866. The molecule has 0 saturated carbocycles. The zero-order chi connectivity index (χ0) is 17.6. The molecule has 0 fully saturated rings. The molecule has 3 aromatic carbocycles. The molecule has 0 saturated heterocycles. The Balaban J connectivity index is 1.70. The van der Waals surface area contributed by atoms with Crippen molar-refractivity contribution < 1.29 is 9.13 Å². The Hall–Kier alpha value is -2.52. The molecular formula is C21H19ClFNO. The highest BCUT2D eigenvalue weighted by molar-refractivity contribution is 6.31. The third kappa shape index (κ3) is 4.31. The van der Waals surface area contributed by atoms with Crippen molar-refractivity contribution in [3.8, 4) is 5.75 Å². The van der Waals surface area contributed by atoms with E-state index >= 15 is 0 Å². The maximum atomic E-state index is 13.7. The third-order valence-corrected chi connectivity index (χ3v) is 4.46. The molecule has 0 aromatic heterocycles. The number of anilines is 1. The van der Waals surface area contributed by atoms with Crippen LogP contribution in [0.3, 0.4) is 0 Å². The van der Waals surface area contributed by atoms with Gasteiger partial charge in [-0.3, -0.25) is 0 Å². The number of ether oxygens (including phenoxy) is 1. The fraction of sp³-hybridized carbons (Fsp3) is 0.143. The minimum Gasteiger partial charge on any atom is -0.488 e. The van der Waals surface area contributed by atoms with Gasteiger partial charge < -0.3 is 10.1 Å². The van der Waals surface area contributed by atoms with E-state index in [1.807, 2.05) is 49.4 Å². The standard InChI is InChI=1S/C21H19ClFNO/c1-15-18(22)9-6-11-20(15)24-13-16-7-3-5-12-21(16)25-14-17-8-2-4-10-19(17)23/h2-12,24H,13-14H2,1H3. The Morgan fingerprint density at radius 3 is 2.44 bits per heavy atom. The lowest BCUT2D eigenvalue weighted by atomic mass is 10.1. The average molecular weight is 356 g/mol. The smallest absolute Gasteiger partial charge is 0.129 e. The predicted octanol–water partition coefficient (Wildman–Crippen LogP) is 5.98. The maximum absolute atomic E-state index is 13.7. The Labute approximate surface area is 152 Å². The summed E-state index contributed by atoms with van der Waals surface area (Å²) in [5, 5.41) is 4.11. The number of halogens is 2. The number of hydrogen-bond donors (Lipinski definition) is 1. The molecule has 0 bridgehead atoms. The molecule has 4 heteroatoms. The molecule has 3 aromatic rings. The maximum Gasteiger partial charge on any atom is 0.129 e. The molecule has 128 valence electrons. The predicted molar refractivity (Wildman–Crippen MR) is 101 cm³/mol. The molecule has 0 amide bonds. The molecule has 0 spiro atoms. The molecule has 2 nitrogen and oxygen atoms in total. The molecule has 0 radical (unpaired) electrons. The highest BCUT2D eigenvalue weighted by Crippen LogP contribution is 2.25. The van der Waals surface area contributed by atoms with Gasteiger partial charge in [0.1, 0.15) is 18.2 Å². The summed E-state index contributed by atoms with van der Waals surface area (Å²) in [5.41, 5.74) is 3.53. The summed E-state index contributed by atoms with van der Waals surface area (Å²) in [7, 11) is 0. The molecule has 0 heterocycles. The van der Waals surface area contributed by atoms with E-state index in [0.717, 1.165) is 27.6 Å². The summed E-state index contributed by atoms with van der Waals surface area (Å²) in [6.07, 6.45) is 0. The van der Waals surface area contributed by atoms with Crippen LogP contribution in [0.2, 0.25) is 5.02 Å². The SMILES string of the molecule is Cc1c(Cl)cccc1NCc1ccccc1OCc1ccccc1F. The van der Waals surface area contributed by atoms with Gasteiger partial charge in [0.25, 0.3) is 0 Å². The lowest BCUT2D eigenvalue weighted by Gasteiger charge is -2.14. The number of nitrogens with one attached hydrogen (secondary N) is 1. The summed E-state index contributed by atoms with van der Waals surface area (Å²) in [6.45, 7) is 2.76. The van der Waals surface area contributed by atoms with Crippen molar-refractivity contribution in [2.24, 2.45) is 0 Å². The van der Waals surface area contributed by atoms with Gasteiger partial charge in [0.05, 0.1) is 0 Å². The molecule has 0 atom stereocenters. The van der Waals surface area contributed by atoms with Gasteiger partial charge in [0.15, 0.2) is 0 Å². The fourth-order valence-electron chi connectivity index (χ4n) is 2.55. The van der Waals surface area contributed by atoms with E-state index in [1.54, 1.807) is 18.2 Å². The number of rotatable bonds is 6. The largest absolute Gasteiger partial charge is 0.488 e. The van der Waals surface area contributed by atoms with Crippen LogP contribution in [0, 0.1) is 12.7 Å². The van der Waals surface area contributed by atoms with Crippen LogP contribution >= 0.6 is 11.6 Å². The van der Waals surface area contributed by atoms with E-state index in [9.17, 15) is 4.39 Å². The van der Waals surface area contributed by atoms with Gasteiger partial charge in [-0.15, -0.1) is 0 Å². The summed E-state index contributed by atoms with van der Waals surface area (Å²) in [6, 6.07) is 20.2. The van der Waals surface area contributed by atoms with Gasteiger partial charge in [-0.1, -0.05) is 54.1 Å². The van der Waals surface area contributed by atoms with E-state index in [-0.39, 0.29) is 12.4 Å². The molecule has 3 rings (SSSR count). The van der Waals surface area contributed by atoms with Crippen molar-refractivity contribution in [2.45, 2.75) is 20.1 Å². The average Bonchev–Trinajstić information content (AvgIpc) is 2.63. The second kappa shape index (κ2) is 8.04. The first-order chi connectivity index (χ1) is 12.1. The second-order valence-electron chi connectivity index (χ2n) is 5.75. The fourth-order valence-corrected chi connectivity index (χ4v) is 2.73. The first-order valence-electron chi connectivity index (χ1n) is 8.08. The molecular weight excluding hydrogens is 337 g/mol. The lowest BCUT2D eigenvalue weighted by molar-refractivity contribution is 0.297. The molecule has 1 N–H and O–H groups in total. The van der Waals surface area contributed by atoms with E-state index in [2.05, 4.69) is 5.32 Å². The van der Waals surface area contributed by atoms with Gasteiger partial charge in [-0.05, 0) is 36.8 Å². The van der Waals surface area contributed by atoms with Gasteiger partial charge >= 0.3 is 0 Å². The van der Waals surface area contributed by atoms with Crippen LogP contribution < -0.4 is 10.1 Å². The molecule has 25 heavy (non-hydrogen) atoms. The van der Waals surface area contributed by atoms with Crippen molar-refractivity contribution in [1.82, 2.24) is 0 Å². The zero-order valence-electron chi connectivity index (χ0n) is 13.9. The highest BCUT2D eigenvalue weighted by atomic mass is 35.5. The minimum atomic E-state index is -0.257. The Kier molecular flexibility index (Phi) is 5.56. The van der Waals surface area contributed by atoms with E-state index in [4.69, 9.17) is 16.3 Å². The van der Waals surface area contributed by atoms with Crippen LogP contribution in [-0.4, -0.2) is 0 Å². The van der Waals surface area contributed by atoms with Crippen molar-refractivity contribution >= 4 is 17.3 Å². The quantitative estimate of drug-likeness (QED) is 0.587. The van der Waals surface area contributed by atoms with E-state index in [0.29, 0.717) is 12.1 Å². The van der Waals surface area contributed by atoms with Gasteiger partial charge in [0, 0.05) is 28.4 Å². The summed E-state index contributed by atoms with van der Waals surface area (Å²) >= 11 is 6.16.